The molecule has 1 aliphatic rings. The number of rotatable bonds is 4. The summed E-state index contributed by atoms with van der Waals surface area (Å²) in [5.41, 5.74) is 6.75. The lowest BCUT2D eigenvalue weighted by Gasteiger charge is -2.24. The molecule has 4 heteroatoms. The number of nitrogens with one attached hydrogen (secondary N) is 1. The third kappa shape index (κ3) is 3.77. The van der Waals surface area contributed by atoms with E-state index in [0.717, 1.165) is 31.2 Å². The SMILES string of the molecule is C[C@H](NC(=O)CC1(N)CCCC1)c1ccc(F)cc1. The minimum Gasteiger partial charge on any atom is -0.350 e. The summed E-state index contributed by atoms with van der Waals surface area (Å²) in [7, 11) is 0. The van der Waals surface area contributed by atoms with Crippen molar-refractivity contribution in [2.24, 2.45) is 5.73 Å². The topological polar surface area (TPSA) is 55.1 Å². The standard InChI is InChI=1S/C15H21FN2O/c1-11(12-4-6-13(16)7-5-12)18-14(19)10-15(17)8-2-3-9-15/h4-7,11H,2-3,8-10,17H2,1H3,(H,18,19)/t11-/m0/s1. The van der Waals surface area contributed by atoms with Crippen LogP contribution in [-0.2, 0) is 4.79 Å². The fourth-order valence-electron chi connectivity index (χ4n) is 2.70. The van der Waals surface area contributed by atoms with E-state index >= 15 is 0 Å². The van der Waals surface area contributed by atoms with E-state index in [2.05, 4.69) is 5.32 Å². The van der Waals surface area contributed by atoms with Gasteiger partial charge in [0.2, 0.25) is 5.91 Å². The zero-order chi connectivity index (χ0) is 13.9. The van der Waals surface area contributed by atoms with Gasteiger partial charge in [-0.15, -0.1) is 0 Å². The zero-order valence-corrected chi connectivity index (χ0v) is 11.3. The van der Waals surface area contributed by atoms with E-state index < -0.39 is 0 Å². The van der Waals surface area contributed by atoms with Gasteiger partial charge >= 0.3 is 0 Å². The quantitative estimate of drug-likeness (QED) is 0.878. The Bertz CT molecular complexity index is 438. The van der Waals surface area contributed by atoms with Crippen LogP contribution in [0, 0.1) is 5.82 Å². The van der Waals surface area contributed by atoms with Gasteiger partial charge < -0.3 is 11.1 Å². The summed E-state index contributed by atoms with van der Waals surface area (Å²) in [4.78, 5) is 12.0. The molecule has 1 fully saturated rings. The number of hydrogen-bond acceptors (Lipinski definition) is 2. The second kappa shape index (κ2) is 5.70. The summed E-state index contributed by atoms with van der Waals surface area (Å²) in [6, 6.07) is 6.05. The second-order valence-electron chi connectivity index (χ2n) is 5.59. The minimum atomic E-state index is -0.327. The van der Waals surface area contributed by atoms with Gasteiger partial charge in [-0.3, -0.25) is 4.79 Å². The highest BCUT2D eigenvalue weighted by atomic mass is 19.1. The number of amides is 1. The first-order valence-corrected chi connectivity index (χ1v) is 6.82. The molecule has 3 nitrogen and oxygen atoms in total. The maximum atomic E-state index is 12.8. The number of carbonyl (C=O) groups excluding carboxylic acids is 1. The van der Waals surface area contributed by atoms with Gasteiger partial charge in [0.15, 0.2) is 0 Å². The van der Waals surface area contributed by atoms with Gasteiger partial charge in [-0.25, -0.2) is 4.39 Å². The highest BCUT2D eigenvalue weighted by Crippen LogP contribution is 2.30. The molecule has 0 bridgehead atoms. The van der Waals surface area contributed by atoms with E-state index in [0.29, 0.717) is 6.42 Å². The molecule has 0 saturated heterocycles. The zero-order valence-electron chi connectivity index (χ0n) is 11.3. The van der Waals surface area contributed by atoms with Crippen molar-refractivity contribution in [2.75, 3.05) is 0 Å². The van der Waals surface area contributed by atoms with Crippen LogP contribution < -0.4 is 11.1 Å². The highest BCUT2D eigenvalue weighted by Gasteiger charge is 2.31. The van der Waals surface area contributed by atoms with Crippen LogP contribution in [0.2, 0.25) is 0 Å². The van der Waals surface area contributed by atoms with Crippen LogP contribution in [0.3, 0.4) is 0 Å². The molecule has 104 valence electrons. The smallest absolute Gasteiger partial charge is 0.222 e. The van der Waals surface area contributed by atoms with Crippen molar-refractivity contribution in [3.8, 4) is 0 Å². The summed E-state index contributed by atoms with van der Waals surface area (Å²) < 4.78 is 12.8. The number of benzene rings is 1. The molecule has 0 heterocycles. The molecule has 0 radical (unpaired) electrons. The first kappa shape index (κ1) is 14.0. The van der Waals surface area contributed by atoms with Crippen LogP contribution in [-0.4, -0.2) is 11.4 Å². The van der Waals surface area contributed by atoms with Crippen LogP contribution >= 0.6 is 0 Å². The monoisotopic (exact) mass is 264 g/mol. The van der Waals surface area contributed by atoms with Crippen LogP contribution in [0.1, 0.15) is 50.6 Å². The Balaban J connectivity index is 1.89. The maximum absolute atomic E-state index is 12.8. The van der Waals surface area contributed by atoms with Gasteiger partial charge in [0.1, 0.15) is 5.82 Å². The third-order valence-electron chi connectivity index (χ3n) is 3.86. The molecule has 2 rings (SSSR count). The largest absolute Gasteiger partial charge is 0.350 e. The van der Waals surface area contributed by atoms with Gasteiger partial charge in [0, 0.05) is 12.0 Å². The molecule has 0 aliphatic heterocycles. The molecule has 3 N–H and O–H groups in total. The normalized spacial score (nSPS) is 19.1. The average molecular weight is 264 g/mol. The van der Waals surface area contributed by atoms with E-state index in [-0.39, 0.29) is 23.3 Å². The summed E-state index contributed by atoms with van der Waals surface area (Å²) in [5, 5.41) is 2.93. The third-order valence-corrected chi connectivity index (χ3v) is 3.86. The fourth-order valence-corrected chi connectivity index (χ4v) is 2.70. The van der Waals surface area contributed by atoms with Crippen LogP contribution in [0.15, 0.2) is 24.3 Å². The Morgan fingerprint density at radius 1 is 1.37 bits per heavy atom. The molecule has 0 aromatic heterocycles. The van der Waals surface area contributed by atoms with Crippen LogP contribution in [0.5, 0.6) is 0 Å². The van der Waals surface area contributed by atoms with E-state index in [1.165, 1.54) is 12.1 Å². The van der Waals surface area contributed by atoms with Crippen LogP contribution in [0.4, 0.5) is 4.39 Å². The Morgan fingerprint density at radius 3 is 2.53 bits per heavy atom. The molecule has 1 aromatic carbocycles. The van der Waals surface area contributed by atoms with Crippen molar-refractivity contribution >= 4 is 5.91 Å². The number of halogens is 1. The molecule has 1 aromatic rings. The molecule has 0 unspecified atom stereocenters. The van der Waals surface area contributed by atoms with Crippen LogP contribution in [0.25, 0.3) is 0 Å². The highest BCUT2D eigenvalue weighted by molar-refractivity contribution is 5.77. The predicted octanol–water partition coefficient (Wildman–Crippen LogP) is 2.66. The van der Waals surface area contributed by atoms with Crippen molar-refractivity contribution in [2.45, 2.75) is 50.6 Å². The average Bonchev–Trinajstić information content (AvgIpc) is 2.76. The lowest BCUT2D eigenvalue weighted by molar-refractivity contribution is -0.122. The van der Waals surface area contributed by atoms with Gasteiger partial charge in [-0.05, 0) is 37.5 Å². The molecule has 1 aliphatic carbocycles. The Hall–Kier alpha value is -1.42. The summed E-state index contributed by atoms with van der Waals surface area (Å²) in [5.74, 6) is -0.296. The van der Waals surface area contributed by atoms with E-state index in [9.17, 15) is 9.18 Å². The van der Waals surface area contributed by atoms with E-state index in [1.807, 2.05) is 6.92 Å². The number of hydrogen-bond donors (Lipinski definition) is 2. The number of nitrogens with two attached hydrogens (primary N) is 1. The molecule has 1 atom stereocenters. The minimum absolute atomic E-state index is 0.0266. The summed E-state index contributed by atoms with van der Waals surface area (Å²) in [6.07, 6.45) is 4.43. The second-order valence-corrected chi connectivity index (χ2v) is 5.59. The first-order valence-electron chi connectivity index (χ1n) is 6.82. The lowest BCUT2D eigenvalue weighted by Crippen LogP contribution is -2.42. The molecule has 19 heavy (non-hydrogen) atoms. The van der Waals surface area contributed by atoms with Crippen molar-refractivity contribution < 1.29 is 9.18 Å². The summed E-state index contributed by atoms with van der Waals surface area (Å²) >= 11 is 0. The van der Waals surface area contributed by atoms with Crippen molar-refractivity contribution in [1.82, 2.24) is 5.32 Å². The van der Waals surface area contributed by atoms with E-state index in [4.69, 9.17) is 5.73 Å². The molecule has 1 saturated carbocycles. The Morgan fingerprint density at radius 2 is 1.95 bits per heavy atom. The summed E-state index contributed by atoms with van der Waals surface area (Å²) in [6.45, 7) is 1.89. The maximum Gasteiger partial charge on any atom is 0.222 e. The van der Waals surface area contributed by atoms with Crippen molar-refractivity contribution in [1.29, 1.82) is 0 Å². The molecular formula is C15H21FN2O. The molecule has 0 spiro atoms. The van der Waals surface area contributed by atoms with E-state index in [1.54, 1.807) is 12.1 Å². The molecular weight excluding hydrogens is 243 g/mol. The van der Waals surface area contributed by atoms with Crippen molar-refractivity contribution in [3.05, 3.63) is 35.6 Å². The molecule has 1 amide bonds. The fraction of sp³-hybridized carbons (Fsp3) is 0.533. The van der Waals surface area contributed by atoms with Gasteiger partial charge in [0.25, 0.3) is 0 Å². The van der Waals surface area contributed by atoms with Gasteiger partial charge in [-0.1, -0.05) is 25.0 Å². The predicted molar refractivity (Wildman–Crippen MR) is 73.0 cm³/mol. The Kier molecular flexibility index (Phi) is 4.20. The van der Waals surface area contributed by atoms with Gasteiger partial charge in [-0.2, -0.15) is 0 Å². The van der Waals surface area contributed by atoms with Crippen molar-refractivity contribution in [3.63, 3.8) is 0 Å². The Labute approximate surface area is 113 Å². The number of carbonyl (C=O) groups is 1. The lowest BCUT2D eigenvalue weighted by atomic mass is 9.94. The van der Waals surface area contributed by atoms with Gasteiger partial charge in [0.05, 0.1) is 6.04 Å². The first-order chi connectivity index (χ1) is 8.98.